The molecule has 1 heterocycles. The van der Waals surface area contributed by atoms with E-state index in [0.29, 0.717) is 25.3 Å². The van der Waals surface area contributed by atoms with Gasteiger partial charge in [-0.05, 0) is 18.4 Å². The van der Waals surface area contributed by atoms with Crippen molar-refractivity contribution in [2.45, 2.75) is 25.5 Å². The predicted molar refractivity (Wildman–Crippen MR) is 80.0 cm³/mol. The summed E-state index contributed by atoms with van der Waals surface area (Å²) in [7, 11) is -1.09. The fourth-order valence-corrected chi connectivity index (χ4v) is 5.57. The summed E-state index contributed by atoms with van der Waals surface area (Å²) in [4.78, 5) is 13.7. The number of rotatable bonds is 6. The van der Waals surface area contributed by atoms with E-state index in [1.807, 2.05) is 13.8 Å². The Kier molecular flexibility index (Phi) is 5.70. The first-order chi connectivity index (χ1) is 8.65. The lowest BCUT2D eigenvalue weighted by Gasteiger charge is -2.29. The lowest BCUT2D eigenvalue weighted by Crippen LogP contribution is -2.40. The van der Waals surface area contributed by atoms with Gasteiger partial charge in [0.15, 0.2) is 9.84 Å². The van der Waals surface area contributed by atoms with Gasteiger partial charge in [0.2, 0.25) is 5.91 Å². The van der Waals surface area contributed by atoms with Crippen LogP contribution in [0.15, 0.2) is 0 Å². The number of carbonyl (C=O) groups excluding carboxylic acids is 1. The molecule has 0 spiro atoms. The minimum atomic E-state index is -2.86. The number of hydrogen-bond donors (Lipinski definition) is 1. The Morgan fingerprint density at radius 3 is 2.58 bits per heavy atom. The molecule has 0 aromatic carbocycles. The second-order valence-electron chi connectivity index (χ2n) is 5.95. The Hall–Kier alpha value is -0.270. The summed E-state index contributed by atoms with van der Waals surface area (Å²) < 4.78 is 22.6. The zero-order chi connectivity index (χ0) is 14.7. The first-order valence-electron chi connectivity index (χ1n) is 6.41. The second kappa shape index (κ2) is 6.45. The molecule has 112 valence electrons. The molecule has 0 bridgehead atoms. The van der Waals surface area contributed by atoms with Gasteiger partial charge >= 0.3 is 0 Å². The highest BCUT2D eigenvalue weighted by molar-refractivity contribution is 8.02. The molecule has 1 amide bonds. The van der Waals surface area contributed by atoms with Crippen molar-refractivity contribution >= 4 is 27.5 Å². The summed E-state index contributed by atoms with van der Waals surface area (Å²) in [6.07, 6.45) is 0.665. The second-order valence-corrected chi connectivity index (χ2v) is 9.47. The number of amides is 1. The van der Waals surface area contributed by atoms with Crippen molar-refractivity contribution in [3.05, 3.63) is 0 Å². The number of carbonyl (C=O) groups is 1. The van der Waals surface area contributed by atoms with Gasteiger partial charge in [-0.15, -0.1) is 11.8 Å². The van der Waals surface area contributed by atoms with Gasteiger partial charge in [-0.3, -0.25) is 4.79 Å². The van der Waals surface area contributed by atoms with Gasteiger partial charge in [-0.2, -0.15) is 0 Å². The topological polar surface area (TPSA) is 80.5 Å². The Bertz CT molecular complexity index is 421. The van der Waals surface area contributed by atoms with Crippen molar-refractivity contribution in [3.63, 3.8) is 0 Å². The average Bonchev–Trinajstić information content (AvgIpc) is 2.65. The molecule has 19 heavy (non-hydrogen) atoms. The molecule has 1 saturated heterocycles. The Morgan fingerprint density at radius 1 is 1.47 bits per heavy atom. The van der Waals surface area contributed by atoms with Gasteiger partial charge in [0.05, 0.1) is 17.3 Å². The summed E-state index contributed by atoms with van der Waals surface area (Å²) in [5.41, 5.74) is 5.56. The maximum atomic E-state index is 12.0. The van der Waals surface area contributed by atoms with Crippen LogP contribution in [0.2, 0.25) is 0 Å². The number of nitrogens with zero attached hydrogens (tertiary/aromatic N) is 1. The van der Waals surface area contributed by atoms with E-state index in [-0.39, 0.29) is 28.1 Å². The SMILES string of the molecule is CN(CC(C)(C)CN)C(=O)CSC1CCS(=O)(=O)C1. The maximum absolute atomic E-state index is 12.0. The standard InChI is InChI=1S/C12H24N2O3S2/c1-12(2,8-13)9-14(3)11(15)6-18-10-4-5-19(16,17)7-10/h10H,4-9,13H2,1-3H3. The molecule has 2 N–H and O–H groups in total. The minimum absolute atomic E-state index is 0.0378. The van der Waals surface area contributed by atoms with Gasteiger partial charge in [0.1, 0.15) is 0 Å². The van der Waals surface area contributed by atoms with Crippen LogP contribution in [0.5, 0.6) is 0 Å². The highest BCUT2D eigenvalue weighted by atomic mass is 32.2. The molecule has 1 rings (SSSR count). The van der Waals surface area contributed by atoms with Crippen molar-refractivity contribution in [1.82, 2.24) is 4.90 Å². The third kappa shape index (κ3) is 5.71. The van der Waals surface area contributed by atoms with Crippen LogP contribution in [0, 0.1) is 5.41 Å². The van der Waals surface area contributed by atoms with E-state index < -0.39 is 9.84 Å². The predicted octanol–water partition coefficient (Wildman–Crippen LogP) is 0.350. The lowest BCUT2D eigenvalue weighted by atomic mass is 9.93. The van der Waals surface area contributed by atoms with Gasteiger partial charge in [0.25, 0.3) is 0 Å². The molecule has 0 aromatic rings. The molecular formula is C12H24N2O3S2. The third-order valence-electron chi connectivity index (χ3n) is 3.28. The van der Waals surface area contributed by atoms with Crippen molar-refractivity contribution < 1.29 is 13.2 Å². The zero-order valence-corrected chi connectivity index (χ0v) is 13.5. The van der Waals surface area contributed by atoms with Crippen LogP contribution in [0.25, 0.3) is 0 Å². The van der Waals surface area contributed by atoms with E-state index >= 15 is 0 Å². The van der Waals surface area contributed by atoms with Crippen LogP contribution in [-0.2, 0) is 14.6 Å². The smallest absolute Gasteiger partial charge is 0.232 e. The van der Waals surface area contributed by atoms with Crippen molar-refractivity contribution in [1.29, 1.82) is 0 Å². The third-order valence-corrected chi connectivity index (χ3v) is 6.54. The molecule has 1 aliphatic rings. The first kappa shape index (κ1) is 16.8. The summed E-state index contributed by atoms with van der Waals surface area (Å²) >= 11 is 1.45. The van der Waals surface area contributed by atoms with E-state index in [9.17, 15) is 13.2 Å². The van der Waals surface area contributed by atoms with Gasteiger partial charge in [-0.25, -0.2) is 8.42 Å². The molecule has 1 unspecified atom stereocenters. The largest absolute Gasteiger partial charge is 0.344 e. The Balaban J connectivity index is 2.35. The van der Waals surface area contributed by atoms with Crippen molar-refractivity contribution in [2.75, 3.05) is 37.4 Å². The highest BCUT2D eigenvalue weighted by Crippen LogP contribution is 2.24. The minimum Gasteiger partial charge on any atom is -0.344 e. The molecule has 1 aliphatic heterocycles. The molecule has 0 radical (unpaired) electrons. The van der Waals surface area contributed by atoms with Crippen LogP contribution < -0.4 is 5.73 Å². The normalized spacial score (nSPS) is 22.4. The van der Waals surface area contributed by atoms with E-state index in [2.05, 4.69) is 0 Å². The molecule has 1 fully saturated rings. The van der Waals surface area contributed by atoms with E-state index in [4.69, 9.17) is 5.73 Å². The molecular weight excluding hydrogens is 284 g/mol. The monoisotopic (exact) mass is 308 g/mol. The summed E-state index contributed by atoms with van der Waals surface area (Å²) in [6.45, 7) is 5.19. The van der Waals surface area contributed by atoms with Crippen LogP contribution >= 0.6 is 11.8 Å². The average molecular weight is 308 g/mol. The number of hydrogen-bond acceptors (Lipinski definition) is 5. The fourth-order valence-electron chi connectivity index (χ4n) is 1.99. The van der Waals surface area contributed by atoms with Gasteiger partial charge in [0, 0.05) is 18.8 Å². The quantitative estimate of drug-likeness (QED) is 0.766. The zero-order valence-electron chi connectivity index (χ0n) is 11.9. The van der Waals surface area contributed by atoms with E-state index in [0.717, 1.165) is 0 Å². The Labute approximate surface area is 120 Å². The van der Waals surface area contributed by atoms with E-state index in [1.54, 1.807) is 11.9 Å². The molecule has 7 heteroatoms. The van der Waals surface area contributed by atoms with Crippen molar-refractivity contribution in [3.8, 4) is 0 Å². The van der Waals surface area contributed by atoms with Gasteiger partial charge in [-0.1, -0.05) is 13.8 Å². The maximum Gasteiger partial charge on any atom is 0.232 e. The number of thioether (sulfide) groups is 1. The van der Waals surface area contributed by atoms with Crippen LogP contribution in [-0.4, -0.2) is 61.9 Å². The summed E-state index contributed by atoms with van der Waals surface area (Å²) in [5.74, 6) is 0.852. The van der Waals surface area contributed by atoms with Crippen LogP contribution in [0.4, 0.5) is 0 Å². The molecule has 0 aliphatic carbocycles. The number of nitrogens with two attached hydrogens (primary N) is 1. The molecule has 5 nitrogen and oxygen atoms in total. The molecule has 0 saturated carbocycles. The van der Waals surface area contributed by atoms with E-state index in [1.165, 1.54) is 11.8 Å². The Morgan fingerprint density at radius 2 is 2.11 bits per heavy atom. The van der Waals surface area contributed by atoms with Crippen LogP contribution in [0.1, 0.15) is 20.3 Å². The van der Waals surface area contributed by atoms with Crippen LogP contribution in [0.3, 0.4) is 0 Å². The van der Waals surface area contributed by atoms with Gasteiger partial charge < -0.3 is 10.6 Å². The molecule has 1 atom stereocenters. The summed E-state index contributed by atoms with van der Waals surface area (Å²) in [6, 6.07) is 0. The first-order valence-corrected chi connectivity index (χ1v) is 9.28. The lowest BCUT2D eigenvalue weighted by molar-refractivity contribution is -0.128. The highest BCUT2D eigenvalue weighted by Gasteiger charge is 2.29. The molecule has 0 aromatic heterocycles. The summed E-state index contributed by atoms with van der Waals surface area (Å²) in [5, 5.41) is 0.0740. The fraction of sp³-hybridized carbons (Fsp3) is 0.917. The van der Waals surface area contributed by atoms with Crippen molar-refractivity contribution in [2.24, 2.45) is 11.1 Å². The number of sulfone groups is 1.